The lowest BCUT2D eigenvalue weighted by Gasteiger charge is -2.34. The van der Waals surface area contributed by atoms with E-state index in [9.17, 15) is 18.0 Å². The molecule has 2 heterocycles. The average Bonchev–Trinajstić information content (AvgIpc) is 3.08. The molecule has 3 aromatic rings. The van der Waals surface area contributed by atoms with Crippen molar-refractivity contribution in [2.75, 3.05) is 31.5 Å². The minimum absolute atomic E-state index is 0.136. The number of aromatic nitrogens is 2. The molecule has 0 radical (unpaired) electrons. The van der Waals surface area contributed by atoms with Gasteiger partial charge in [0.15, 0.2) is 0 Å². The van der Waals surface area contributed by atoms with E-state index in [1.165, 1.54) is 17.7 Å². The number of halogens is 3. The Hall–Kier alpha value is -3.33. The van der Waals surface area contributed by atoms with E-state index in [2.05, 4.69) is 17.1 Å². The van der Waals surface area contributed by atoms with Gasteiger partial charge in [-0.25, -0.2) is 9.48 Å². The molecule has 1 aliphatic heterocycles. The fourth-order valence-corrected chi connectivity index (χ4v) is 4.03. The number of aryl methyl sites for hydroxylation is 1. The van der Waals surface area contributed by atoms with Crippen LogP contribution in [-0.4, -0.2) is 51.8 Å². The topological polar surface area (TPSA) is 53.4 Å². The van der Waals surface area contributed by atoms with Crippen LogP contribution in [0.3, 0.4) is 0 Å². The number of nitrogens with zero attached hydrogens (tertiary/aromatic N) is 4. The molecule has 0 bridgehead atoms. The molecule has 174 valence electrons. The molecule has 33 heavy (non-hydrogen) atoms. The molecule has 1 saturated heterocycles. The van der Waals surface area contributed by atoms with E-state index in [4.69, 9.17) is 5.10 Å². The molecule has 1 N–H and O–H groups in total. The second kappa shape index (κ2) is 9.27. The van der Waals surface area contributed by atoms with Crippen LogP contribution in [-0.2, 0) is 12.7 Å². The second-order valence-electron chi connectivity index (χ2n) is 8.17. The summed E-state index contributed by atoms with van der Waals surface area (Å²) in [5.74, 6) is 0. The highest BCUT2D eigenvalue weighted by Gasteiger charge is 2.31. The Morgan fingerprint density at radius 2 is 1.70 bits per heavy atom. The summed E-state index contributed by atoms with van der Waals surface area (Å²) in [4.78, 5) is 16.5. The predicted molar refractivity (Wildman–Crippen MR) is 120 cm³/mol. The molecule has 1 aromatic heterocycles. The number of anilines is 1. The summed E-state index contributed by atoms with van der Waals surface area (Å²) in [6, 6.07) is 14.3. The van der Waals surface area contributed by atoms with E-state index in [0.29, 0.717) is 26.2 Å². The summed E-state index contributed by atoms with van der Waals surface area (Å²) in [5, 5.41) is 7.28. The lowest BCUT2D eigenvalue weighted by Crippen LogP contribution is -2.49. The first kappa shape index (κ1) is 22.8. The monoisotopic (exact) mass is 457 g/mol. The number of hydrogen-bond donors (Lipinski definition) is 1. The Kier molecular flexibility index (Phi) is 6.42. The first-order valence-electron chi connectivity index (χ1n) is 10.8. The van der Waals surface area contributed by atoms with Gasteiger partial charge in [-0.2, -0.15) is 18.3 Å². The molecule has 0 unspecified atom stereocenters. The summed E-state index contributed by atoms with van der Waals surface area (Å²) >= 11 is 0. The number of carbonyl (C=O) groups excluding carboxylic acids is 1. The summed E-state index contributed by atoms with van der Waals surface area (Å²) in [6.45, 7) is 7.12. The van der Waals surface area contributed by atoms with Crippen LogP contribution in [0.5, 0.6) is 0 Å². The smallest absolute Gasteiger partial charge is 0.322 e. The van der Waals surface area contributed by atoms with Gasteiger partial charge >= 0.3 is 12.2 Å². The van der Waals surface area contributed by atoms with Gasteiger partial charge in [-0.15, -0.1) is 0 Å². The van der Waals surface area contributed by atoms with Crippen LogP contribution in [0.15, 0.2) is 54.6 Å². The zero-order chi connectivity index (χ0) is 23.6. The number of para-hydroxylation sites is 1. The molecule has 9 heteroatoms. The van der Waals surface area contributed by atoms with E-state index in [0.717, 1.165) is 35.8 Å². The second-order valence-corrected chi connectivity index (χ2v) is 8.17. The van der Waals surface area contributed by atoms with Crippen LogP contribution in [0.1, 0.15) is 22.5 Å². The van der Waals surface area contributed by atoms with Gasteiger partial charge in [-0.1, -0.05) is 24.3 Å². The maximum atomic E-state index is 12.9. The SMILES string of the molecule is Cc1nn(-c2ccccc2)c(C)c1CN1CCN(C(=O)Nc2cccc(C(F)(F)F)c2)CC1. The third kappa shape index (κ3) is 5.19. The number of alkyl halides is 3. The first-order valence-corrected chi connectivity index (χ1v) is 10.8. The van der Waals surface area contributed by atoms with E-state index >= 15 is 0 Å². The van der Waals surface area contributed by atoms with Gasteiger partial charge in [0.05, 0.1) is 16.9 Å². The number of urea groups is 1. The quantitative estimate of drug-likeness (QED) is 0.609. The highest BCUT2D eigenvalue weighted by atomic mass is 19.4. The average molecular weight is 458 g/mol. The van der Waals surface area contributed by atoms with Gasteiger partial charge in [-0.3, -0.25) is 4.90 Å². The van der Waals surface area contributed by atoms with E-state index in [1.807, 2.05) is 41.9 Å². The third-order valence-electron chi connectivity index (χ3n) is 5.92. The minimum Gasteiger partial charge on any atom is -0.322 e. The van der Waals surface area contributed by atoms with Gasteiger partial charge in [-0.05, 0) is 44.2 Å². The van der Waals surface area contributed by atoms with Crippen molar-refractivity contribution in [2.45, 2.75) is 26.6 Å². The summed E-state index contributed by atoms with van der Waals surface area (Å²) in [6.07, 6.45) is -4.45. The van der Waals surface area contributed by atoms with Crippen molar-refractivity contribution in [3.63, 3.8) is 0 Å². The number of rotatable bonds is 4. The van der Waals surface area contributed by atoms with Gasteiger partial charge in [0.25, 0.3) is 0 Å². The largest absolute Gasteiger partial charge is 0.416 e. The standard InChI is InChI=1S/C24H26F3N5O/c1-17-22(18(2)32(29-17)21-9-4-3-5-10-21)16-30-11-13-31(14-12-30)23(33)28-20-8-6-7-19(15-20)24(25,26)27/h3-10,15H,11-14,16H2,1-2H3,(H,28,33). The number of nitrogens with one attached hydrogen (secondary N) is 1. The number of amides is 2. The lowest BCUT2D eigenvalue weighted by molar-refractivity contribution is -0.137. The molecule has 2 amide bonds. The van der Waals surface area contributed by atoms with Crippen molar-refractivity contribution >= 4 is 11.7 Å². The third-order valence-corrected chi connectivity index (χ3v) is 5.92. The van der Waals surface area contributed by atoms with Crippen molar-refractivity contribution in [3.8, 4) is 5.69 Å². The van der Waals surface area contributed by atoms with Gasteiger partial charge < -0.3 is 10.2 Å². The molecule has 0 saturated carbocycles. The first-order chi connectivity index (χ1) is 15.7. The molecular formula is C24H26F3N5O. The zero-order valence-corrected chi connectivity index (χ0v) is 18.6. The van der Waals surface area contributed by atoms with Crippen LogP contribution in [0.25, 0.3) is 5.69 Å². The van der Waals surface area contributed by atoms with Crippen LogP contribution in [0, 0.1) is 13.8 Å². The van der Waals surface area contributed by atoms with E-state index in [-0.39, 0.29) is 5.69 Å². The number of benzene rings is 2. The Bertz CT molecular complexity index is 1120. The van der Waals surface area contributed by atoms with Crippen molar-refractivity contribution < 1.29 is 18.0 Å². The van der Waals surface area contributed by atoms with Crippen molar-refractivity contribution in [3.05, 3.63) is 77.1 Å². The fourth-order valence-electron chi connectivity index (χ4n) is 4.03. The number of carbonyl (C=O) groups is 1. The van der Waals surface area contributed by atoms with Gasteiger partial charge in [0.1, 0.15) is 0 Å². The Labute approximate surface area is 190 Å². The van der Waals surface area contributed by atoms with Crippen molar-refractivity contribution in [1.82, 2.24) is 19.6 Å². The number of hydrogen-bond acceptors (Lipinski definition) is 3. The summed E-state index contributed by atoms with van der Waals surface area (Å²) in [7, 11) is 0. The van der Waals surface area contributed by atoms with Crippen molar-refractivity contribution in [1.29, 1.82) is 0 Å². The molecule has 0 spiro atoms. The predicted octanol–water partition coefficient (Wildman–Crippen LogP) is 4.86. The Morgan fingerprint density at radius 3 is 2.36 bits per heavy atom. The molecule has 2 aromatic carbocycles. The number of piperazine rings is 1. The Balaban J connectivity index is 1.35. The maximum absolute atomic E-state index is 12.9. The highest BCUT2D eigenvalue weighted by molar-refractivity contribution is 5.89. The molecule has 0 aliphatic carbocycles. The van der Waals surface area contributed by atoms with E-state index < -0.39 is 17.8 Å². The maximum Gasteiger partial charge on any atom is 0.416 e. The van der Waals surface area contributed by atoms with Crippen LogP contribution >= 0.6 is 0 Å². The molecular weight excluding hydrogens is 431 g/mol. The van der Waals surface area contributed by atoms with Crippen LogP contribution in [0.2, 0.25) is 0 Å². The molecule has 6 nitrogen and oxygen atoms in total. The highest BCUT2D eigenvalue weighted by Crippen LogP contribution is 2.30. The lowest BCUT2D eigenvalue weighted by atomic mass is 10.1. The molecule has 4 rings (SSSR count). The van der Waals surface area contributed by atoms with E-state index in [1.54, 1.807) is 4.90 Å². The normalized spacial score (nSPS) is 15.0. The Morgan fingerprint density at radius 1 is 1.00 bits per heavy atom. The molecule has 1 aliphatic rings. The van der Waals surface area contributed by atoms with Crippen LogP contribution in [0.4, 0.5) is 23.7 Å². The molecule has 0 atom stereocenters. The van der Waals surface area contributed by atoms with Gasteiger partial charge in [0.2, 0.25) is 0 Å². The zero-order valence-electron chi connectivity index (χ0n) is 18.6. The summed E-state index contributed by atoms with van der Waals surface area (Å²) in [5.41, 5.74) is 3.59. The van der Waals surface area contributed by atoms with Gasteiger partial charge in [0, 0.05) is 49.7 Å². The van der Waals surface area contributed by atoms with Crippen molar-refractivity contribution in [2.24, 2.45) is 0 Å². The van der Waals surface area contributed by atoms with Crippen LogP contribution < -0.4 is 5.32 Å². The fraction of sp³-hybridized carbons (Fsp3) is 0.333. The minimum atomic E-state index is -4.45. The molecule has 1 fully saturated rings. The summed E-state index contributed by atoms with van der Waals surface area (Å²) < 4.78 is 40.7.